The van der Waals surface area contributed by atoms with E-state index in [4.69, 9.17) is 5.73 Å². The van der Waals surface area contributed by atoms with E-state index in [9.17, 15) is 9.59 Å². The van der Waals surface area contributed by atoms with E-state index < -0.39 is 5.69 Å². The van der Waals surface area contributed by atoms with Crippen molar-refractivity contribution in [3.63, 3.8) is 0 Å². The minimum atomic E-state index is -0.463. The fourth-order valence-electron chi connectivity index (χ4n) is 1.70. The van der Waals surface area contributed by atoms with Crippen LogP contribution in [0.25, 0.3) is 0 Å². The van der Waals surface area contributed by atoms with E-state index in [1.807, 2.05) is 19.1 Å². The van der Waals surface area contributed by atoms with Crippen LogP contribution in [0.15, 0.2) is 41.5 Å². The summed E-state index contributed by atoms with van der Waals surface area (Å²) in [6.45, 7) is 1.75. The number of carbonyl (C=O) groups excluding carboxylic acids is 1. The largest absolute Gasteiger partial charge is 0.397 e. The van der Waals surface area contributed by atoms with Gasteiger partial charge in [-0.3, -0.25) is 9.36 Å². The molecule has 19 heavy (non-hydrogen) atoms. The van der Waals surface area contributed by atoms with Crippen molar-refractivity contribution in [3.8, 4) is 0 Å². The number of aryl methyl sites for hydroxylation is 1. The Bertz CT molecular complexity index is 643. The number of anilines is 2. The number of nitrogen functional groups attached to an aromatic ring is 1. The number of rotatable bonds is 3. The van der Waals surface area contributed by atoms with Crippen molar-refractivity contribution >= 4 is 17.3 Å². The molecule has 6 heteroatoms. The van der Waals surface area contributed by atoms with E-state index in [-0.39, 0.29) is 12.5 Å². The summed E-state index contributed by atoms with van der Waals surface area (Å²) in [7, 11) is 0. The van der Waals surface area contributed by atoms with Crippen LogP contribution in [-0.2, 0) is 11.3 Å². The Hall–Kier alpha value is -2.63. The molecule has 0 saturated carbocycles. The molecule has 98 valence electrons. The molecule has 2 rings (SSSR count). The standard InChI is InChI=1S/C13H14N4O2/c1-9-4-2-5-10(14)12(9)16-11(18)8-17-7-3-6-15-13(17)19/h2-7H,8,14H2,1H3,(H,16,18). The van der Waals surface area contributed by atoms with Crippen molar-refractivity contribution in [2.45, 2.75) is 13.5 Å². The topological polar surface area (TPSA) is 90.0 Å². The van der Waals surface area contributed by atoms with Crippen LogP contribution in [0.3, 0.4) is 0 Å². The molecule has 0 aliphatic rings. The van der Waals surface area contributed by atoms with E-state index in [1.165, 1.54) is 17.0 Å². The zero-order valence-electron chi connectivity index (χ0n) is 10.5. The van der Waals surface area contributed by atoms with Gasteiger partial charge in [-0.1, -0.05) is 12.1 Å². The Morgan fingerprint density at radius 3 is 2.89 bits per heavy atom. The molecule has 0 atom stereocenters. The first-order valence-corrected chi connectivity index (χ1v) is 5.74. The van der Waals surface area contributed by atoms with Gasteiger partial charge in [-0.05, 0) is 24.6 Å². The molecular formula is C13H14N4O2. The molecule has 1 aromatic heterocycles. The van der Waals surface area contributed by atoms with Crippen molar-refractivity contribution in [2.24, 2.45) is 0 Å². The summed E-state index contributed by atoms with van der Waals surface area (Å²) in [6.07, 6.45) is 2.90. The molecule has 1 aromatic carbocycles. The van der Waals surface area contributed by atoms with Gasteiger partial charge in [0.1, 0.15) is 6.54 Å². The van der Waals surface area contributed by atoms with Gasteiger partial charge in [0.25, 0.3) is 0 Å². The van der Waals surface area contributed by atoms with Crippen molar-refractivity contribution in [3.05, 3.63) is 52.7 Å². The summed E-state index contributed by atoms with van der Waals surface area (Å²) in [6, 6.07) is 6.96. The highest BCUT2D eigenvalue weighted by Crippen LogP contribution is 2.22. The number of nitrogens with zero attached hydrogens (tertiary/aromatic N) is 2. The Morgan fingerprint density at radius 2 is 2.21 bits per heavy atom. The SMILES string of the molecule is Cc1cccc(N)c1NC(=O)Cn1cccnc1=O. The number of nitrogens with two attached hydrogens (primary N) is 1. The fraction of sp³-hybridized carbons (Fsp3) is 0.154. The number of amides is 1. The molecule has 0 fully saturated rings. The normalized spacial score (nSPS) is 10.2. The zero-order chi connectivity index (χ0) is 13.8. The van der Waals surface area contributed by atoms with Crippen LogP contribution in [-0.4, -0.2) is 15.5 Å². The summed E-state index contributed by atoms with van der Waals surface area (Å²) < 4.78 is 1.23. The second-order valence-corrected chi connectivity index (χ2v) is 4.12. The van der Waals surface area contributed by atoms with Gasteiger partial charge in [-0.2, -0.15) is 0 Å². The first-order chi connectivity index (χ1) is 9.08. The fourth-order valence-corrected chi connectivity index (χ4v) is 1.70. The van der Waals surface area contributed by atoms with E-state index in [2.05, 4.69) is 10.3 Å². The Morgan fingerprint density at radius 1 is 1.42 bits per heavy atom. The first kappa shape index (κ1) is 12.8. The summed E-state index contributed by atoms with van der Waals surface area (Å²) in [5, 5.41) is 2.70. The summed E-state index contributed by atoms with van der Waals surface area (Å²) in [5.74, 6) is -0.323. The van der Waals surface area contributed by atoms with Crippen LogP contribution in [0.2, 0.25) is 0 Å². The third kappa shape index (κ3) is 2.98. The number of carbonyl (C=O) groups is 1. The lowest BCUT2D eigenvalue weighted by Crippen LogP contribution is -2.28. The van der Waals surface area contributed by atoms with Crippen LogP contribution in [0, 0.1) is 6.92 Å². The molecule has 0 bridgehead atoms. The highest BCUT2D eigenvalue weighted by molar-refractivity contribution is 5.94. The maximum absolute atomic E-state index is 11.9. The first-order valence-electron chi connectivity index (χ1n) is 5.74. The van der Waals surface area contributed by atoms with Crippen molar-refractivity contribution in [1.29, 1.82) is 0 Å². The number of hydrogen-bond donors (Lipinski definition) is 2. The molecule has 3 N–H and O–H groups in total. The highest BCUT2D eigenvalue weighted by Gasteiger charge is 2.09. The van der Waals surface area contributed by atoms with Gasteiger partial charge < -0.3 is 11.1 Å². The molecule has 0 radical (unpaired) electrons. The molecule has 2 aromatic rings. The van der Waals surface area contributed by atoms with Gasteiger partial charge in [0.15, 0.2) is 0 Å². The molecular weight excluding hydrogens is 244 g/mol. The number of nitrogens with one attached hydrogen (secondary N) is 1. The molecule has 1 amide bonds. The van der Waals surface area contributed by atoms with Crippen molar-refractivity contribution in [2.75, 3.05) is 11.1 Å². The Kier molecular flexibility index (Phi) is 3.61. The van der Waals surface area contributed by atoms with E-state index >= 15 is 0 Å². The maximum atomic E-state index is 11.9. The van der Waals surface area contributed by atoms with Gasteiger partial charge in [0.05, 0.1) is 11.4 Å². The number of benzene rings is 1. The average molecular weight is 258 g/mol. The summed E-state index contributed by atoms with van der Waals surface area (Å²) in [4.78, 5) is 26.8. The minimum absolute atomic E-state index is 0.0968. The minimum Gasteiger partial charge on any atom is -0.397 e. The van der Waals surface area contributed by atoms with Crippen LogP contribution >= 0.6 is 0 Å². The summed E-state index contributed by atoms with van der Waals surface area (Å²) in [5.41, 5.74) is 7.27. The van der Waals surface area contributed by atoms with E-state index in [0.29, 0.717) is 11.4 Å². The Balaban J connectivity index is 2.15. The molecule has 0 unspecified atom stereocenters. The van der Waals surface area contributed by atoms with Gasteiger partial charge in [-0.15, -0.1) is 0 Å². The third-order valence-corrected chi connectivity index (χ3v) is 2.67. The highest BCUT2D eigenvalue weighted by atomic mass is 16.2. The van der Waals surface area contributed by atoms with E-state index in [0.717, 1.165) is 5.56 Å². The lowest BCUT2D eigenvalue weighted by atomic mass is 10.1. The van der Waals surface area contributed by atoms with Crippen molar-refractivity contribution < 1.29 is 4.79 Å². The quantitative estimate of drug-likeness (QED) is 0.796. The van der Waals surface area contributed by atoms with Crippen LogP contribution in [0.4, 0.5) is 11.4 Å². The molecule has 0 aliphatic carbocycles. The molecule has 0 saturated heterocycles. The second kappa shape index (κ2) is 5.34. The molecule has 0 aliphatic heterocycles. The number of aromatic nitrogens is 2. The predicted octanol–water partition coefficient (Wildman–Crippen LogP) is 0.773. The number of hydrogen-bond acceptors (Lipinski definition) is 4. The third-order valence-electron chi connectivity index (χ3n) is 2.67. The van der Waals surface area contributed by atoms with E-state index in [1.54, 1.807) is 12.1 Å². The monoisotopic (exact) mass is 258 g/mol. The number of para-hydroxylation sites is 1. The smallest absolute Gasteiger partial charge is 0.347 e. The molecule has 6 nitrogen and oxygen atoms in total. The van der Waals surface area contributed by atoms with Crippen LogP contribution < -0.4 is 16.7 Å². The van der Waals surface area contributed by atoms with Gasteiger partial charge in [0.2, 0.25) is 5.91 Å². The van der Waals surface area contributed by atoms with Gasteiger partial charge >= 0.3 is 5.69 Å². The maximum Gasteiger partial charge on any atom is 0.347 e. The predicted molar refractivity (Wildman–Crippen MR) is 72.7 cm³/mol. The molecule has 0 spiro atoms. The van der Waals surface area contributed by atoms with Crippen molar-refractivity contribution in [1.82, 2.24) is 9.55 Å². The zero-order valence-corrected chi connectivity index (χ0v) is 10.5. The lowest BCUT2D eigenvalue weighted by Gasteiger charge is -2.11. The van der Waals surface area contributed by atoms with Crippen LogP contribution in [0.1, 0.15) is 5.56 Å². The Labute approximate surface area is 109 Å². The van der Waals surface area contributed by atoms with Crippen LogP contribution in [0.5, 0.6) is 0 Å². The molecule has 1 heterocycles. The second-order valence-electron chi connectivity index (χ2n) is 4.12. The summed E-state index contributed by atoms with van der Waals surface area (Å²) >= 11 is 0. The lowest BCUT2D eigenvalue weighted by molar-refractivity contribution is -0.116. The van der Waals surface area contributed by atoms with Gasteiger partial charge in [-0.25, -0.2) is 9.78 Å². The average Bonchev–Trinajstić information content (AvgIpc) is 2.37. The van der Waals surface area contributed by atoms with Gasteiger partial charge in [0, 0.05) is 12.4 Å².